The molecule has 7 nitrogen and oxygen atoms in total. The third-order valence-electron chi connectivity index (χ3n) is 2.24. The largest absolute Gasteiger partial charge is 0.375 e. The Balaban J connectivity index is 2.31. The van der Waals surface area contributed by atoms with Crippen LogP contribution in [0, 0.1) is 21.7 Å². The van der Waals surface area contributed by atoms with Gasteiger partial charge in [0.15, 0.2) is 5.13 Å². The number of nitro benzene ring substituents is 1. The van der Waals surface area contributed by atoms with Crippen molar-refractivity contribution in [2.75, 3.05) is 11.1 Å². The first kappa shape index (κ1) is 13.8. The van der Waals surface area contributed by atoms with Gasteiger partial charge in [0.05, 0.1) is 10.6 Å². The number of thiazole rings is 1. The summed E-state index contributed by atoms with van der Waals surface area (Å²) in [5, 5.41) is 14.1. The molecule has 0 saturated heterocycles. The van der Waals surface area contributed by atoms with E-state index in [0.717, 1.165) is 11.3 Å². The number of hydrogen-bond acceptors (Lipinski definition) is 6. The Kier molecular flexibility index (Phi) is 3.57. The van der Waals surface area contributed by atoms with Crippen LogP contribution in [0.5, 0.6) is 0 Å². The molecule has 104 valence electrons. The van der Waals surface area contributed by atoms with Crippen molar-refractivity contribution in [1.29, 1.82) is 0 Å². The van der Waals surface area contributed by atoms with Crippen LogP contribution in [0.2, 0.25) is 0 Å². The van der Waals surface area contributed by atoms with Gasteiger partial charge in [-0.3, -0.25) is 14.9 Å². The summed E-state index contributed by atoms with van der Waals surface area (Å²) in [7, 11) is 0. The molecule has 0 spiro atoms. The highest BCUT2D eigenvalue weighted by Gasteiger charge is 2.20. The Bertz CT molecular complexity index is 704. The Morgan fingerprint density at radius 2 is 2.10 bits per heavy atom. The van der Waals surface area contributed by atoms with E-state index in [-0.39, 0.29) is 10.8 Å². The van der Waals surface area contributed by atoms with Gasteiger partial charge in [0, 0.05) is 17.5 Å². The summed E-state index contributed by atoms with van der Waals surface area (Å²) >= 11 is 1.00. The lowest BCUT2D eigenvalue weighted by atomic mass is 10.2. The van der Waals surface area contributed by atoms with Crippen LogP contribution in [0.1, 0.15) is 10.5 Å². The maximum Gasteiger partial charge on any atom is 0.307 e. The van der Waals surface area contributed by atoms with E-state index in [1.807, 2.05) is 0 Å². The van der Waals surface area contributed by atoms with E-state index in [9.17, 15) is 23.7 Å². The van der Waals surface area contributed by atoms with Crippen LogP contribution in [0.15, 0.2) is 17.5 Å². The number of carbonyl (C=O) groups excluding carboxylic acids is 1. The summed E-state index contributed by atoms with van der Waals surface area (Å²) in [5.74, 6) is -3.27. The fraction of sp³-hybridized carbons (Fsp3) is 0. The standard InChI is InChI=1S/C10H6F2N4O3S/c11-4-1-5(12)8(16(18)19)2-6(4)14-9(17)7-3-20-10(13)15-7/h1-3H,(H2,13,15)(H,14,17). The summed E-state index contributed by atoms with van der Waals surface area (Å²) in [6.45, 7) is 0. The minimum Gasteiger partial charge on any atom is -0.375 e. The molecule has 0 aliphatic heterocycles. The van der Waals surface area contributed by atoms with Crippen LogP contribution < -0.4 is 11.1 Å². The number of amides is 1. The molecule has 1 amide bonds. The molecule has 0 unspecified atom stereocenters. The number of halogens is 2. The zero-order valence-corrected chi connectivity index (χ0v) is 10.4. The highest BCUT2D eigenvalue weighted by Crippen LogP contribution is 2.25. The molecule has 0 aliphatic carbocycles. The van der Waals surface area contributed by atoms with Crippen LogP contribution in [-0.4, -0.2) is 15.8 Å². The third kappa shape index (κ3) is 2.69. The molecule has 0 radical (unpaired) electrons. The van der Waals surface area contributed by atoms with E-state index in [0.29, 0.717) is 12.1 Å². The lowest BCUT2D eigenvalue weighted by molar-refractivity contribution is -0.387. The van der Waals surface area contributed by atoms with Gasteiger partial charge in [-0.15, -0.1) is 11.3 Å². The number of nitrogens with two attached hydrogens (primary N) is 1. The maximum absolute atomic E-state index is 13.5. The average molecular weight is 300 g/mol. The van der Waals surface area contributed by atoms with E-state index in [1.54, 1.807) is 0 Å². The first-order valence-electron chi connectivity index (χ1n) is 5.04. The van der Waals surface area contributed by atoms with Gasteiger partial charge in [-0.1, -0.05) is 0 Å². The van der Waals surface area contributed by atoms with Gasteiger partial charge in [-0.05, 0) is 0 Å². The number of nitro groups is 1. The second-order valence-electron chi connectivity index (χ2n) is 3.57. The van der Waals surface area contributed by atoms with E-state index >= 15 is 0 Å². The number of nitrogen functional groups attached to an aromatic ring is 1. The Hall–Kier alpha value is -2.62. The van der Waals surface area contributed by atoms with Gasteiger partial charge in [0.2, 0.25) is 5.82 Å². The molecule has 0 fully saturated rings. The zero-order valence-electron chi connectivity index (χ0n) is 9.59. The van der Waals surface area contributed by atoms with E-state index in [4.69, 9.17) is 5.73 Å². The Morgan fingerprint density at radius 1 is 1.40 bits per heavy atom. The number of aromatic nitrogens is 1. The molecule has 2 rings (SSSR count). The molecule has 2 aromatic rings. The molecule has 20 heavy (non-hydrogen) atoms. The number of nitrogens with zero attached hydrogens (tertiary/aromatic N) is 2. The number of nitrogens with one attached hydrogen (secondary N) is 1. The third-order valence-corrected chi connectivity index (χ3v) is 2.91. The van der Waals surface area contributed by atoms with E-state index in [2.05, 4.69) is 10.3 Å². The predicted molar refractivity (Wildman–Crippen MR) is 67.5 cm³/mol. The topological polar surface area (TPSA) is 111 Å². The number of rotatable bonds is 3. The fourth-order valence-electron chi connectivity index (χ4n) is 1.35. The van der Waals surface area contributed by atoms with E-state index < -0.39 is 33.8 Å². The molecule has 10 heteroatoms. The molecular weight excluding hydrogens is 294 g/mol. The number of hydrogen-bond donors (Lipinski definition) is 2. The number of anilines is 2. The fourth-order valence-corrected chi connectivity index (χ4v) is 1.89. The molecule has 0 bridgehead atoms. The first-order chi connectivity index (χ1) is 9.38. The Morgan fingerprint density at radius 3 is 2.65 bits per heavy atom. The summed E-state index contributed by atoms with van der Waals surface area (Å²) in [6.07, 6.45) is 0. The van der Waals surface area contributed by atoms with Crippen LogP contribution in [0.25, 0.3) is 0 Å². The quantitative estimate of drug-likeness (QED) is 0.666. The van der Waals surface area contributed by atoms with Crippen molar-refractivity contribution in [1.82, 2.24) is 4.98 Å². The second kappa shape index (κ2) is 5.17. The van der Waals surface area contributed by atoms with Gasteiger partial charge < -0.3 is 11.1 Å². The first-order valence-corrected chi connectivity index (χ1v) is 5.92. The second-order valence-corrected chi connectivity index (χ2v) is 4.46. The highest BCUT2D eigenvalue weighted by atomic mass is 32.1. The van der Waals surface area contributed by atoms with E-state index in [1.165, 1.54) is 5.38 Å². The van der Waals surface area contributed by atoms with Crippen molar-refractivity contribution in [3.63, 3.8) is 0 Å². The lowest BCUT2D eigenvalue weighted by Crippen LogP contribution is -2.14. The van der Waals surface area contributed by atoms with Crippen molar-refractivity contribution in [3.8, 4) is 0 Å². The normalized spacial score (nSPS) is 10.3. The van der Waals surface area contributed by atoms with Crippen molar-refractivity contribution in [2.24, 2.45) is 0 Å². The van der Waals surface area contributed by atoms with Gasteiger partial charge >= 0.3 is 5.69 Å². The lowest BCUT2D eigenvalue weighted by Gasteiger charge is -2.05. The summed E-state index contributed by atoms with van der Waals surface area (Å²) in [6, 6.07) is 0.918. The zero-order chi connectivity index (χ0) is 14.9. The summed E-state index contributed by atoms with van der Waals surface area (Å²) in [4.78, 5) is 24.9. The number of carbonyl (C=O) groups is 1. The maximum atomic E-state index is 13.5. The minimum absolute atomic E-state index is 0.0705. The van der Waals surface area contributed by atoms with Crippen molar-refractivity contribution in [3.05, 3.63) is 45.0 Å². The summed E-state index contributed by atoms with van der Waals surface area (Å²) in [5.41, 5.74) is 3.80. The van der Waals surface area contributed by atoms with Crippen LogP contribution in [0.3, 0.4) is 0 Å². The average Bonchev–Trinajstić information content (AvgIpc) is 2.79. The van der Waals surface area contributed by atoms with Crippen LogP contribution >= 0.6 is 11.3 Å². The van der Waals surface area contributed by atoms with Crippen molar-refractivity contribution >= 4 is 33.8 Å². The smallest absolute Gasteiger partial charge is 0.307 e. The van der Waals surface area contributed by atoms with Crippen molar-refractivity contribution in [2.45, 2.75) is 0 Å². The van der Waals surface area contributed by atoms with Gasteiger partial charge in [0.1, 0.15) is 11.5 Å². The minimum atomic E-state index is -1.33. The van der Waals surface area contributed by atoms with Gasteiger partial charge in [-0.25, -0.2) is 9.37 Å². The molecule has 3 N–H and O–H groups in total. The Labute approximate surface area is 114 Å². The monoisotopic (exact) mass is 300 g/mol. The molecule has 0 saturated carbocycles. The summed E-state index contributed by atoms with van der Waals surface area (Å²) < 4.78 is 26.6. The molecule has 0 atom stereocenters. The number of benzene rings is 1. The molecule has 0 aliphatic rings. The van der Waals surface area contributed by atoms with Gasteiger partial charge in [-0.2, -0.15) is 4.39 Å². The molecule has 1 aromatic heterocycles. The van der Waals surface area contributed by atoms with Crippen molar-refractivity contribution < 1.29 is 18.5 Å². The molecule has 1 aromatic carbocycles. The van der Waals surface area contributed by atoms with Crippen LogP contribution in [0.4, 0.5) is 25.3 Å². The molecular formula is C10H6F2N4O3S. The van der Waals surface area contributed by atoms with Gasteiger partial charge in [0.25, 0.3) is 5.91 Å². The predicted octanol–water partition coefficient (Wildman–Crippen LogP) is 2.16. The highest BCUT2D eigenvalue weighted by molar-refractivity contribution is 7.13. The van der Waals surface area contributed by atoms with Crippen LogP contribution in [-0.2, 0) is 0 Å². The molecule has 1 heterocycles. The SMILES string of the molecule is Nc1nc(C(=O)Nc2cc([N+](=O)[O-])c(F)cc2F)cs1.